The molecule has 1 aliphatic heterocycles. The van der Waals surface area contributed by atoms with Crippen LogP contribution in [0, 0.1) is 10.1 Å². The van der Waals surface area contributed by atoms with Gasteiger partial charge >= 0.3 is 5.97 Å². The predicted molar refractivity (Wildman–Crippen MR) is 83.6 cm³/mol. The number of nitro groups is 1. The van der Waals surface area contributed by atoms with Crippen molar-refractivity contribution in [2.24, 2.45) is 0 Å². The monoisotopic (exact) mass is 371 g/mol. The summed E-state index contributed by atoms with van der Waals surface area (Å²) >= 11 is 0. The summed E-state index contributed by atoms with van der Waals surface area (Å²) in [4.78, 5) is 21.7. The molecule has 1 fully saturated rings. The maximum atomic E-state index is 11.4. The predicted octanol–water partition coefficient (Wildman–Crippen LogP) is -1.16. The van der Waals surface area contributed by atoms with Crippen molar-refractivity contribution < 1.29 is 44.7 Å². The van der Waals surface area contributed by atoms with Crippen LogP contribution < -0.4 is 0 Å². The number of nitro benzene ring substituents is 1. The van der Waals surface area contributed by atoms with Gasteiger partial charge in [0.05, 0.1) is 17.1 Å². The molecule has 1 aromatic rings. The van der Waals surface area contributed by atoms with Gasteiger partial charge in [0.15, 0.2) is 0 Å². The highest BCUT2D eigenvalue weighted by atomic mass is 16.7. The Morgan fingerprint density at radius 2 is 1.88 bits per heavy atom. The number of carboxylic acid groups (broad SMARTS) is 1. The van der Waals surface area contributed by atoms with E-state index < -0.39 is 54.0 Å². The first-order valence-corrected chi connectivity index (χ1v) is 7.41. The second-order valence-corrected chi connectivity index (χ2v) is 5.44. The van der Waals surface area contributed by atoms with E-state index in [9.17, 15) is 35.3 Å². The van der Waals surface area contributed by atoms with Crippen LogP contribution in [0.2, 0.25) is 0 Å². The summed E-state index contributed by atoms with van der Waals surface area (Å²) in [5, 5.41) is 58.7. The fourth-order valence-electron chi connectivity index (χ4n) is 2.35. The fraction of sp³-hybridized carbons (Fsp3) is 0.400. The fourth-order valence-corrected chi connectivity index (χ4v) is 2.35. The number of para-hydroxylation sites is 1. The van der Waals surface area contributed by atoms with Crippen LogP contribution in [0.15, 0.2) is 30.0 Å². The van der Waals surface area contributed by atoms with Crippen LogP contribution in [-0.4, -0.2) is 73.7 Å². The summed E-state index contributed by atoms with van der Waals surface area (Å²) in [6, 6.07) is 5.30. The maximum Gasteiger partial charge on any atom is 0.371 e. The lowest BCUT2D eigenvalue weighted by Gasteiger charge is -2.39. The molecule has 0 bridgehead atoms. The number of aliphatic carboxylic acids is 1. The number of aliphatic hydroxyl groups excluding tert-OH is 4. The van der Waals surface area contributed by atoms with E-state index in [1.807, 2.05) is 0 Å². The van der Waals surface area contributed by atoms with Crippen molar-refractivity contribution in [3.63, 3.8) is 0 Å². The highest BCUT2D eigenvalue weighted by molar-refractivity contribution is 5.90. The molecule has 5 atom stereocenters. The Bertz CT molecular complexity index is 703. The molecule has 11 heteroatoms. The summed E-state index contributed by atoms with van der Waals surface area (Å²) < 4.78 is 10.1. The lowest BCUT2D eigenvalue weighted by Crippen LogP contribution is -2.59. The molecule has 1 aliphatic rings. The van der Waals surface area contributed by atoms with Gasteiger partial charge in [-0.15, -0.1) is 0 Å². The number of hydrogen-bond acceptors (Lipinski definition) is 9. The minimum absolute atomic E-state index is 0.0699. The molecule has 1 heterocycles. The number of ether oxygens (including phenoxy) is 2. The Morgan fingerprint density at radius 3 is 2.46 bits per heavy atom. The molecule has 0 spiro atoms. The molecule has 0 aliphatic carbocycles. The molecule has 0 amide bonds. The average Bonchev–Trinajstić information content (AvgIpc) is 2.61. The van der Waals surface area contributed by atoms with Gasteiger partial charge in [-0.25, -0.2) is 4.79 Å². The van der Waals surface area contributed by atoms with Crippen LogP contribution in [0.25, 0.3) is 6.08 Å². The van der Waals surface area contributed by atoms with Crippen LogP contribution >= 0.6 is 0 Å². The Morgan fingerprint density at radius 1 is 1.23 bits per heavy atom. The normalized spacial score (nSPS) is 29.2. The second kappa shape index (κ2) is 8.21. The largest absolute Gasteiger partial charge is 0.475 e. The van der Waals surface area contributed by atoms with Crippen molar-refractivity contribution in [2.45, 2.75) is 30.7 Å². The number of hydrogen-bond donors (Lipinski definition) is 5. The van der Waals surface area contributed by atoms with Crippen LogP contribution in [0.3, 0.4) is 0 Å². The van der Waals surface area contributed by atoms with Gasteiger partial charge < -0.3 is 35.0 Å². The third-order valence-electron chi connectivity index (χ3n) is 3.72. The zero-order valence-electron chi connectivity index (χ0n) is 13.2. The van der Waals surface area contributed by atoms with E-state index in [1.165, 1.54) is 24.3 Å². The summed E-state index contributed by atoms with van der Waals surface area (Å²) in [5.74, 6) is -2.41. The second-order valence-electron chi connectivity index (χ2n) is 5.44. The van der Waals surface area contributed by atoms with Crippen molar-refractivity contribution in [3.8, 4) is 0 Å². The molecule has 1 aromatic carbocycles. The van der Waals surface area contributed by atoms with Crippen molar-refractivity contribution in [1.29, 1.82) is 0 Å². The number of aliphatic hydroxyl groups is 4. The minimum atomic E-state index is -1.82. The molecular formula is C15H17NO10. The number of rotatable bonds is 6. The average molecular weight is 371 g/mol. The molecule has 5 N–H and O–H groups in total. The topological polar surface area (TPSA) is 180 Å². The quantitative estimate of drug-likeness (QED) is 0.177. The number of carbonyl (C=O) groups is 1. The molecule has 0 radical (unpaired) electrons. The SMILES string of the molecule is O=C(O)/C(=C/c1ccccc1[N+](=O)[O-])O[C@H]1O[C@@H](CO)[C@H](O)[C@@H](O)[C@@H]1O. The molecule has 1 saturated heterocycles. The first-order valence-electron chi connectivity index (χ1n) is 7.41. The van der Waals surface area contributed by atoms with Crippen molar-refractivity contribution in [1.82, 2.24) is 0 Å². The first-order chi connectivity index (χ1) is 12.3. The summed E-state index contributed by atoms with van der Waals surface area (Å²) in [6.07, 6.45) is -7.37. The van der Waals surface area contributed by atoms with Crippen LogP contribution in [0.1, 0.15) is 5.56 Å². The number of nitrogens with zero attached hydrogens (tertiary/aromatic N) is 1. The van der Waals surface area contributed by atoms with Crippen molar-refractivity contribution in [3.05, 3.63) is 45.7 Å². The third kappa shape index (κ3) is 4.15. The van der Waals surface area contributed by atoms with E-state index in [1.54, 1.807) is 0 Å². The van der Waals surface area contributed by atoms with Gasteiger partial charge in [-0.05, 0) is 6.07 Å². The van der Waals surface area contributed by atoms with Gasteiger partial charge in [-0.2, -0.15) is 0 Å². The molecule has 0 unspecified atom stereocenters. The van der Waals surface area contributed by atoms with E-state index in [2.05, 4.69) is 0 Å². The van der Waals surface area contributed by atoms with Gasteiger partial charge in [0.25, 0.3) is 5.69 Å². The number of carboxylic acids is 1. The lowest BCUT2D eigenvalue weighted by atomic mass is 9.99. The molecule has 11 nitrogen and oxygen atoms in total. The smallest absolute Gasteiger partial charge is 0.371 e. The molecular weight excluding hydrogens is 354 g/mol. The van der Waals surface area contributed by atoms with Gasteiger partial charge in [-0.3, -0.25) is 10.1 Å². The van der Waals surface area contributed by atoms with Crippen molar-refractivity contribution in [2.75, 3.05) is 6.61 Å². The Balaban J connectivity index is 2.31. The molecule has 0 saturated carbocycles. The Labute approximate surface area is 146 Å². The van der Waals surface area contributed by atoms with E-state index in [0.29, 0.717) is 0 Å². The Kier molecular flexibility index (Phi) is 6.23. The number of benzene rings is 1. The summed E-state index contributed by atoms with van der Waals surface area (Å²) in [5.41, 5.74) is -0.442. The highest BCUT2D eigenvalue weighted by Crippen LogP contribution is 2.26. The zero-order valence-corrected chi connectivity index (χ0v) is 13.2. The Hall–Kier alpha value is -2.57. The summed E-state index contributed by atoms with van der Waals surface area (Å²) in [6.45, 7) is -0.721. The van der Waals surface area contributed by atoms with Gasteiger partial charge in [0.1, 0.15) is 24.4 Å². The van der Waals surface area contributed by atoms with Crippen LogP contribution in [0.4, 0.5) is 5.69 Å². The molecule has 0 aromatic heterocycles. The standard InChI is InChI=1S/C15H17NO10/c17-6-10-11(18)12(19)13(20)15(26-10)25-9(14(21)22)5-7-3-1-2-4-8(7)16(23)24/h1-5,10-13,15,17-20H,6H2,(H,21,22)/b9-5-/t10-,11-,12+,13-,15-/m0/s1. The van der Waals surface area contributed by atoms with Gasteiger partial charge in [0.2, 0.25) is 12.0 Å². The van der Waals surface area contributed by atoms with Crippen LogP contribution in [-0.2, 0) is 14.3 Å². The zero-order chi connectivity index (χ0) is 19.4. The van der Waals surface area contributed by atoms with Gasteiger partial charge in [-0.1, -0.05) is 12.1 Å². The maximum absolute atomic E-state index is 11.4. The van der Waals surface area contributed by atoms with Crippen molar-refractivity contribution >= 4 is 17.7 Å². The molecule has 26 heavy (non-hydrogen) atoms. The van der Waals surface area contributed by atoms with E-state index in [-0.39, 0.29) is 11.3 Å². The van der Waals surface area contributed by atoms with Gasteiger partial charge in [0, 0.05) is 12.1 Å². The third-order valence-corrected chi connectivity index (χ3v) is 3.72. The molecule has 2 rings (SSSR count). The summed E-state index contributed by atoms with van der Waals surface area (Å²) in [7, 11) is 0. The highest BCUT2D eigenvalue weighted by Gasteiger charge is 2.45. The van der Waals surface area contributed by atoms with E-state index in [0.717, 1.165) is 6.08 Å². The van der Waals surface area contributed by atoms with E-state index in [4.69, 9.17) is 14.6 Å². The molecule has 142 valence electrons. The first kappa shape index (κ1) is 19.8. The van der Waals surface area contributed by atoms with E-state index >= 15 is 0 Å². The van der Waals surface area contributed by atoms with Crippen LogP contribution in [0.5, 0.6) is 0 Å². The lowest BCUT2D eigenvalue weighted by molar-refractivity contribution is -0.385. The minimum Gasteiger partial charge on any atom is -0.475 e.